The first-order chi connectivity index (χ1) is 28.9. The van der Waals surface area contributed by atoms with Crippen LogP contribution in [0.4, 0.5) is 0 Å². The molecule has 0 amide bonds. The molecule has 61 heavy (non-hydrogen) atoms. The molecule has 6 aliphatic rings. The molecule has 22 nitrogen and oxygen atoms in total. The van der Waals surface area contributed by atoms with Gasteiger partial charge in [-0.3, -0.25) is 0 Å². The van der Waals surface area contributed by atoms with Crippen LogP contribution < -0.4 is 0 Å². The van der Waals surface area contributed by atoms with E-state index in [1.807, 2.05) is 6.92 Å². The first kappa shape index (κ1) is 48.9. The zero-order chi connectivity index (χ0) is 44.7. The number of ether oxygens (including phenoxy) is 8. The minimum atomic E-state index is -1.66. The molecule has 4 heterocycles. The van der Waals surface area contributed by atoms with Crippen molar-refractivity contribution >= 4 is 0 Å². The standard InChI is InChI=1S/C39H64O22/c1-14-6-17(55-36-31(53)28(50)35(61-36)22(12-43)58-38-30(52)27(49)33(60-38)20(45)10-41)8-39(3)5-4-16(7-18(14)39)15(2)54-13-23-24(46)25(47)34(56-23)21(11-42)57-37-29(51)26(48)32(59-37)19(44)9-40/h16-17,19-38,40-53H,2,4-13H2,1,3H3/t16-,17-,19-,20-,21+,22+,23-,24-,25+,26+,27+,28+,29+,30+,31+,32-,33-,34-,35-,36+,37+,38+,39+/m1/s1. The summed E-state index contributed by atoms with van der Waals surface area (Å²) in [4.78, 5) is 0. The molecular weight excluding hydrogens is 820 g/mol. The number of hydrogen-bond acceptors (Lipinski definition) is 22. The molecule has 4 aliphatic heterocycles. The zero-order valence-corrected chi connectivity index (χ0v) is 34.0. The van der Waals surface area contributed by atoms with Crippen LogP contribution in [-0.2, 0) is 37.9 Å². The van der Waals surface area contributed by atoms with Crippen LogP contribution in [0.3, 0.4) is 0 Å². The van der Waals surface area contributed by atoms with Gasteiger partial charge >= 0.3 is 0 Å². The van der Waals surface area contributed by atoms with Gasteiger partial charge in [0.15, 0.2) is 18.9 Å². The van der Waals surface area contributed by atoms with E-state index in [1.54, 1.807) is 0 Å². The summed E-state index contributed by atoms with van der Waals surface area (Å²) in [6.45, 7) is 5.02. The molecule has 0 spiro atoms. The Morgan fingerprint density at radius 2 is 1.13 bits per heavy atom. The van der Waals surface area contributed by atoms with Crippen molar-refractivity contribution in [2.24, 2.45) is 11.3 Å². The van der Waals surface area contributed by atoms with Crippen LogP contribution in [0.15, 0.2) is 23.5 Å². The Labute approximate surface area is 351 Å². The second kappa shape index (κ2) is 20.3. The molecule has 2 aliphatic carbocycles. The highest BCUT2D eigenvalue weighted by atomic mass is 16.8. The van der Waals surface area contributed by atoms with E-state index in [0.717, 1.165) is 5.57 Å². The van der Waals surface area contributed by atoms with E-state index in [2.05, 4.69) is 13.5 Å². The molecule has 23 atom stereocenters. The maximum atomic E-state index is 10.9. The van der Waals surface area contributed by atoms with Gasteiger partial charge in [0, 0.05) is 5.92 Å². The van der Waals surface area contributed by atoms with Crippen LogP contribution in [0.2, 0.25) is 0 Å². The lowest BCUT2D eigenvalue weighted by atomic mass is 9.61. The molecular formula is C39H64O22. The van der Waals surface area contributed by atoms with Crippen molar-refractivity contribution in [3.63, 3.8) is 0 Å². The molecule has 14 N–H and O–H groups in total. The average molecular weight is 885 g/mol. The third-order valence-electron chi connectivity index (χ3n) is 13.2. The van der Waals surface area contributed by atoms with Crippen LogP contribution in [0.5, 0.6) is 0 Å². The Morgan fingerprint density at radius 3 is 1.66 bits per heavy atom. The third-order valence-corrected chi connectivity index (χ3v) is 13.2. The summed E-state index contributed by atoms with van der Waals surface area (Å²) in [7, 11) is 0. The fourth-order valence-corrected chi connectivity index (χ4v) is 9.58. The molecule has 4 saturated heterocycles. The molecule has 22 heteroatoms. The van der Waals surface area contributed by atoms with Crippen LogP contribution in [0.1, 0.15) is 46.0 Å². The number of fused-ring (bicyclic) bond motifs is 1. The van der Waals surface area contributed by atoms with Crippen molar-refractivity contribution in [2.45, 2.75) is 175 Å². The number of allylic oxidation sites excluding steroid dienone is 2. The Kier molecular flexibility index (Phi) is 16.3. The molecule has 6 rings (SSSR count). The molecule has 0 bridgehead atoms. The van der Waals surface area contributed by atoms with Crippen LogP contribution in [0.25, 0.3) is 0 Å². The van der Waals surface area contributed by atoms with Crippen molar-refractivity contribution < 1.29 is 109 Å². The highest BCUT2D eigenvalue weighted by Crippen LogP contribution is 2.53. The topological polar surface area (TPSA) is 357 Å². The number of aliphatic hydroxyl groups is 14. The van der Waals surface area contributed by atoms with E-state index in [1.165, 1.54) is 5.57 Å². The SMILES string of the molecule is C=C(OC[C@H]1O[C@H]([C@H](CO)O[C@H]2O[C@H]([C@H](O)CO)[C@@H](O)[C@@H]2O)[C@@H](O)[C@@H]1O)[C@@H]1CC[C@@]2(C)C[C@H](O[C@H]3O[C@H]([C@H](CO)O[C@H]4O[C@H]([C@H](O)CO)[C@@H](O)[C@@H]4O)[C@@H](O)[C@@H]3O)CC(C)=C2C1. The average Bonchev–Trinajstić information content (AvgIpc) is 3.89. The van der Waals surface area contributed by atoms with Gasteiger partial charge in [0.25, 0.3) is 0 Å². The Morgan fingerprint density at radius 1 is 0.656 bits per heavy atom. The van der Waals surface area contributed by atoms with Crippen molar-refractivity contribution in [2.75, 3.05) is 33.0 Å². The van der Waals surface area contributed by atoms with E-state index < -0.39 is 155 Å². The van der Waals surface area contributed by atoms with Crippen molar-refractivity contribution in [3.8, 4) is 0 Å². The normalized spacial score (nSPS) is 46.1. The summed E-state index contributed by atoms with van der Waals surface area (Å²) in [6, 6.07) is 0. The minimum Gasteiger partial charge on any atom is -0.495 e. The van der Waals surface area contributed by atoms with Crippen molar-refractivity contribution in [1.29, 1.82) is 0 Å². The molecule has 352 valence electrons. The van der Waals surface area contributed by atoms with Gasteiger partial charge in [0.05, 0.1) is 38.3 Å². The van der Waals surface area contributed by atoms with Gasteiger partial charge in [-0.15, -0.1) is 0 Å². The van der Waals surface area contributed by atoms with Gasteiger partial charge in [-0.05, 0) is 44.4 Å². The second-order valence-electron chi connectivity index (χ2n) is 17.4. The second-order valence-corrected chi connectivity index (χ2v) is 17.4. The highest BCUT2D eigenvalue weighted by Gasteiger charge is 2.54. The molecule has 0 radical (unpaired) electrons. The first-order valence-electron chi connectivity index (χ1n) is 20.7. The molecule has 0 aromatic rings. The minimum absolute atomic E-state index is 0.116. The smallest absolute Gasteiger partial charge is 0.187 e. The van der Waals surface area contributed by atoms with E-state index in [-0.39, 0.29) is 17.9 Å². The van der Waals surface area contributed by atoms with E-state index in [4.69, 9.17) is 37.9 Å². The van der Waals surface area contributed by atoms with Crippen LogP contribution >= 0.6 is 0 Å². The summed E-state index contributed by atoms with van der Waals surface area (Å²) < 4.78 is 46.0. The largest absolute Gasteiger partial charge is 0.495 e. The molecule has 0 aromatic carbocycles. The van der Waals surface area contributed by atoms with Crippen LogP contribution in [0, 0.1) is 11.3 Å². The predicted octanol–water partition coefficient (Wildman–Crippen LogP) is -5.89. The number of aliphatic hydroxyl groups excluding tert-OH is 14. The fraction of sp³-hybridized carbons (Fsp3) is 0.897. The Hall–Kier alpha value is -1.56. The summed E-state index contributed by atoms with van der Waals surface area (Å²) in [5.41, 5.74) is 1.90. The van der Waals surface area contributed by atoms with Gasteiger partial charge in [-0.2, -0.15) is 0 Å². The summed E-state index contributed by atoms with van der Waals surface area (Å²) in [6.07, 6.45) is -26.8. The van der Waals surface area contributed by atoms with Gasteiger partial charge < -0.3 is 109 Å². The van der Waals surface area contributed by atoms with Crippen LogP contribution in [-0.4, -0.2) is 233 Å². The lowest BCUT2D eigenvalue weighted by molar-refractivity contribution is -0.249. The maximum absolute atomic E-state index is 10.9. The van der Waals surface area contributed by atoms with Crippen molar-refractivity contribution in [3.05, 3.63) is 23.5 Å². The monoisotopic (exact) mass is 884 g/mol. The van der Waals surface area contributed by atoms with Gasteiger partial charge in [-0.25, -0.2) is 0 Å². The molecule has 0 aromatic heterocycles. The van der Waals surface area contributed by atoms with E-state index >= 15 is 0 Å². The molecule has 5 fully saturated rings. The Balaban J connectivity index is 1.000. The molecule has 0 unspecified atom stereocenters. The van der Waals surface area contributed by atoms with Crippen molar-refractivity contribution in [1.82, 2.24) is 0 Å². The zero-order valence-electron chi connectivity index (χ0n) is 34.0. The summed E-state index contributed by atoms with van der Waals surface area (Å²) in [5.74, 6) is 0.317. The molecule has 1 saturated carbocycles. The first-order valence-corrected chi connectivity index (χ1v) is 20.7. The van der Waals surface area contributed by atoms with E-state index in [9.17, 15) is 71.5 Å². The van der Waals surface area contributed by atoms with Gasteiger partial charge in [0.2, 0.25) is 0 Å². The van der Waals surface area contributed by atoms with Gasteiger partial charge in [-0.1, -0.05) is 24.6 Å². The number of rotatable bonds is 18. The lowest BCUT2D eigenvalue weighted by Crippen LogP contribution is -2.46. The predicted molar refractivity (Wildman–Crippen MR) is 200 cm³/mol. The quantitative estimate of drug-likeness (QED) is 0.0450. The van der Waals surface area contributed by atoms with Gasteiger partial charge in [0.1, 0.15) is 110 Å². The fourth-order valence-electron chi connectivity index (χ4n) is 9.58. The lowest BCUT2D eigenvalue weighted by Gasteiger charge is -2.47. The summed E-state index contributed by atoms with van der Waals surface area (Å²) >= 11 is 0. The van der Waals surface area contributed by atoms with E-state index in [0.29, 0.717) is 37.9 Å². The highest BCUT2D eigenvalue weighted by molar-refractivity contribution is 5.28. The Bertz CT molecular complexity index is 1490. The third kappa shape index (κ3) is 10.0. The summed E-state index contributed by atoms with van der Waals surface area (Å²) in [5, 5.41) is 143. The maximum Gasteiger partial charge on any atom is 0.187 e. The number of hydrogen-bond donors (Lipinski definition) is 14.